The van der Waals surface area contributed by atoms with E-state index in [2.05, 4.69) is 15.2 Å². The molecular weight excluding hydrogens is 238 g/mol. The summed E-state index contributed by atoms with van der Waals surface area (Å²) in [4.78, 5) is 3.84. The fraction of sp³-hybridized carbons (Fsp3) is 0. The maximum atomic E-state index is 5.76. The van der Waals surface area contributed by atoms with E-state index in [-0.39, 0.29) is 0 Å². The Morgan fingerprint density at radius 3 is 2.00 bits per heavy atom. The van der Waals surface area contributed by atoms with Gasteiger partial charge in [0.05, 0.1) is 11.4 Å². The first-order chi connectivity index (χ1) is 8.13. The predicted molar refractivity (Wildman–Crippen MR) is 68.7 cm³/mol. The van der Waals surface area contributed by atoms with E-state index in [1.165, 1.54) is 0 Å². The van der Waals surface area contributed by atoms with Crippen molar-refractivity contribution in [2.75, 3.05) is 11.5 Å². The molecule has 0 radical (unpaired) electrons. The molecule has 0 aliphatic heterocycles. The molecule has 5 nitrogen and oxygen atoms in total. The van der Waals surface area contributed by atoms with E-state index in [1.54, 1.807) is 36.4 Å². The Morgan fingerprint density at radius 2 is 1.41 bits per heavy atom. The molecule has 1 aromatic heterocycles. The maximum Gasteiger partial charge on any atom is 0.127 e. The number of hydrogen-bond donors (Lipinski definition) is 2. The summed E-state index contributed by atoms with van der Waals surface area (Å²) in [5, 5.41) is 8.69. The van der Waals surface area contributed by atoms with Crippen molar-refractivity contribution in [2.24, 2.45) is 10.2 Å². The van der Waals surface area contributed by atoms with Crippen molar-refractivity contribution in [3.8, 4) is 0 Å². The maximum absolute atomic E-state index is 5.76. The highest BCUT2D eigenvalue weighted by Gasteiger charge is 1.96. The van der Waals surface area contributed by atoms with Crippen molar-refractivity contribution in [3.05, 3.63) is 41.4 Å². The number of hydrogen-bond acceptors (Lipinski definition) is 5. The van der Waals surface area contributed by atoms with Crippen LogP contribution in [0.25, 0.3) is 0 Å². The SMILES string of the molecule is Nc1cc(/N=N/c2ccc(Cl)cc2)cc(N)n1. The lowest BCUT2D eigenvalue weighted by Crippen LogP contribution is -1.94. The minimum Gasteiger partial charge on any atom is -0.384 e. The van der Waals surface area contributed by atoms with E-state index in [9.17, 15) is 0 Å². The number of anilines is 2. The van der Waals surface area contributed by atoms with Crippen molar-refractivity contribution in [2.45, 2.75) is 0 Å². The first-order valence-corrected chi connectivity index (χ1v) is 5.21. The van der Waals surface area contributed by atoms with Crippen LogP contribution in [0.1, 0.15) is 0 Å². The standard InChI is InChI=1S/C11H10ClN5/c12-7-1-3-8(4-2-7)16-17-9-5-10(13)15-11(14)6-9/h1-6H,(H4,13,14,15)/b17-16+. The Kier molecular flexibility index (Phi) is 3.20. The summed E-state index contributed by atoms with van der Waals surface area (Å²) < 4.78 is 0. The summed E-state index contributed by atoms with van der Waals surface area (Å²) in [5.74, 6) is 0.630. The molecule has 0 fully saturated rings. The molecule has 0 aliphatic carbocycles. The van der Waals surface area contributed by atoms with Gasteiger partial charge in [0.1, 0.15) is 11.6 Å². The predicted octanol–water partition coefficient (Wildman–Crippen LogP) is 3.31. The molecule has 0 spiro atoms. The third kappa shape index (κ3) is 3.15. The van der Waals surface area contributed by atoms with E-state index in [0.29, 0.717) is 28.0 Å². The van der Waals surface area contributed by atoms with E-state index in [1.807, 2.05) is 0 Å². The van der Waals surface area contributed by atoms with E-state index < -0.39 is 0 Å². The third-order valence-electron chi connectivity index (χ3n) is 1.96. The number of aromatic nitrogens is 1. The van der Waals surface area contributed by atoms with Crippen LogP contribution in [-0.4, -0.2) is 4.98 Å². The monoisotopic (exact) mass is 247 g/mol. The van der Waals surface area contributed by atoms with Crippen molar-refractivity contribution in [1.82, 2.24) is 4.98 Å². The Morgan fingerprint density at radius 1 is 0.882 bits per heavy atom. The van der Waals surface area contributed by atoms with Crippen LogP contribution in [0.2, 0.25) is 5.02 Å². The first kappa shape index (κ1) is 11.3. The zero-order chi connectivity index (χ0) is 12.3. The van der Waals surface area contributed by atoms with Gasteiger partial charge in [0.25, 0.3) is 0 Å². The number of nitrogens with two attached hydrogens (primary N) is 2. The quantitative estimate of drug-likeness (QED) is 0.798. The van der Waals surface area contributed by atoms with Gasteiger partial charge in [0.15, 0.2) is 0 Å². The third-order valence-corrected chi connectivity index (χ3v) is 2.21. The summed E-state index contributed by atoms with van der Waals surface area (Å²) in [6.07, 6.45) is 0. The van der Waals surface area contributed by atoms with Crippen LogP contribution in [0.3, 0.4) is 0 Å². The molecule has 6 heteroatoms. The minimum absolute atomic E-state index is 0.315. The van der Waals surface area contributed by atoms with Crippen LogP contribution in [0.15, 0.2) is 46.6 Å². The molecule has 4 N–H and O–H groups in total. The van der Waals surface area contributed by atoms with Gasteiger partial charge in [-0.1, -0.05) is 11.6 Å². The van der Waals surface area contributed by atoms with E-state index in [0.717, 1.165) is 0 Å². The molecule has 0 aliphatic rings. The number of halogens is 1. The number of pyridine rings is 1. The molecule has 0 unspecified atom stereocenters. The highest BCUT2D eigenvalue weighted by atomic mass is 35.5. The Bertz CT molecular complexity index is 530. The zero-order valence-electron chi connectivity index (χ0n) is 8.84. The summed E-state index contributed by atoms with van der Waals surface area (Å²) in [6, 6.07) is 10.2. The molecular formula is C11H10ClN5. The fourth-order valence-corrected chi connectivity index (χ4v) is 1.37. The van der Waals surface area contributed by atoms with Gasteiger partial charge in [-0.05, 0) is 24.3 Å². The number of benzene rings is 1. The van der Waals surface area contributed by atoms with E-state index in [4.69, 9.17) is 23.1 Å². The van der Waals surface area contributed by atoms with Gasteiger partial charge in [0, 0.05) is 17.2 Å². The number of rotatable bonds is 2. The first-order valence-electron chi connectivity index (χ1n) is 4.84. The lowest BCUT2D eigenvalue weighted by Gasteiger charge is -1.97. The fourth-order valence-electron chi connectivity index (χ4n) is 1.24. The van der Waals surface area contributed by atoms with Crippen LogP contribution >= 0.6 is 11.6 Å². The molecule has 86 valence electrons. The van der Waals surface area contributed by atoms with Crippen molar-refractivity contribution in [3.63, 3.8) is 0 Å². The Balaban J connectivity index is 2.22. The van der Waals surface area contributed by atoms with Crippen molar-refractivity contribution in [1.29, 1.82) is 0 Å². The van der Waals surface area contributed by atoms with Gasteiger partial charge in [0.2, 0.25) is 0 Å². The second-order valence-corrected chi connectivity index (χ2v) is 3.79. The largest absolute Gasteiger partial charge is 0.384 e. The Hall–Kier alpha value is -2.14. The van der Waals surface area contributed by atoms with Gasteiger partial charge < -0.3 is 11.5 Å². The summed E-state index contributed by atoms with van der Waals surface area (Å²) >= 11 is 5.76. The van der Waals surface area contributed by atoms with Gasteiger partial charge in [-0.25, -0.2) is 4.98 Å². The summed E-state index contributed by atoms with van der Waals surface area (Å²) in [7, 11) is 0. The second kappa shape index (κ2) is 4.80. The van der Waals surface area contributed by atoms with Gasteiger partial charge in [-0.2, -0.15) is 10.2 Å². The Labute approximate surface area is 103 Å². The highest BCUT2D eigenvalue weighted by Crippen LogP contribution is 2.22. The van der Waals surface area contributed by atoms with Crippen molar-refractivity contribution < 1.29 is 0 Å². The molecule has 1 aromatic carbocycles. The average Bonchev–Trinajstić information content (AvgIpc) is 2.27. The number of nitrogen functional groups attached to an aromatic ring is 2. The molecule has 0 saturated carbocycles. The molecule has 0 amide bonds. The second-order valence-electron chi connectivity index (χ2n) is 3.35. The van der Waals surface area contributed by atoms with Crippen LogP contribution in [0, 0.1) is 0 Å². The van der Waals surface area contributed by atoms with Crippen LogP contribution < -0.4 is 11.5 Å². The number of nitrogens with zero attached hydrogens (tertiary/aromatic N) is 3. The zero-order valence-corrected chi connectivity index (χ0v) is 9.59. The molecule has 0 saturated heterocycles. The lowest BCUT2D eigenvalue weighted by atomic mass is 10.3. The normalized spacial score (nSPS) is 10.9. The number of azo groups is 1. The van der Waals surface area contributed by atoms with Gasteiger partial charge in [-0.15, -0.1) is 0 Å². The summed E-state index contributed by atoms with van der Waals surface area (Å²) in [6.45, 7) is 0. The molecule has 1 heterocycles. The van der Waals surface area contributed by atoms with Crippen LogP contribution in [0.5, 0.6) is 0 Å². The van der Waals surface area contributed by atoms with E-state index >= 15 is 0 Å². The smallest absolute Gasteiger partial charge is 0.127 e. The van der Waals surface area contributed by atoms with Crippen molar-refractivity contribution >= 4 is 34.6 Å². The minimum atomic E-state index is 0.315. The lowest BCUT2D eigenvalue weighted by molar-refractivity contribution is 1.21. The average molecular weight is 248 g/mol. The molecule has 0 bridgehead atoms. The van der Waals surface area contributed by atoms with Crippen LogP contribution in [-0.2, 0) is 0 Å². The summed E-state index contributed by atoms with van der Waals surface area (Å²) in [5.41, 5.74) is 12.3. The highest BCUT2D eigenvalue weighted by molar-refractivity contribution is 6.30. The molecule has 2 aromatic rings. The molecule has 17 heavy (non-hydrogen) atoms. The molecule has 0 atom stereocenters. The van der Waals surface area contributed by atoms with Gasteiger partial charge in [-0.3, -0.25) is 0 Å². The van der Waals surface area contributed by atoms with Crippen LogP contribution in [0.4, 0.5) is 23.0 Å². The topological polar surface area (TPSA) is 89.6 Å². The molecule has 2 rings (SSSR count). The van der Waals surface area contributed by atoms with Gasteiger partial charge >= 0.3 is 0 Å².